The van der Waals surface area contributed by atoms with Gasteiger partial charge in [0.25, 0.3) is 0 Å². The molecule has 2 N–H and O–H groups in total. The molecule has 0 aromatic rings. The van der Waals surface area contributed by atoms with Gasteiger partial charge in [0, 0.05) is 0 Å². The van der Waals surface area contributed by atoms with E-state index in [0.717, 1.165) is 0 Å². The van der Waals surface area contributed by atoms with Crippen LogP contribution in [0.2, 0.25) is 0 Å². The predicted octanol–water partition coefficient (Wildman–Crippen LogP) is -4.19. The van der Waals surface area contributed by atoms with Gasteiger partial charge in [-0.25, -0.2) is 0 Å². The first-order valence-electron chi connectivity index (χ1n) is 2.38. The van der Waals surface area contributed by atoms with Crippen molar-refractivity contribution in [3.05, 3.63) is 10.4 Å². The average molecular weight is 173 g/mol. The van der Waals surface area contributed by atoms with Gasteiger partial charge in [0.05, 0.1) is 0 Å². The Hall–Kier alpha value is 0.826. The summed E-state index contributed by atoms with van der Waals surface area (Å²) in [7, 11) is 0. The Bertz CT molecular complexity index is 120. The second-order valence-electron chi connectivity index (χ2n) is 1.58. The Labute approximate surface area is 101 Å². The van der Waals surface area contributed by atoms with Gasteiger partial charge in [-0.05, 0) is 6.92 Å². The van der Waals surface area contributed by atoms with Crippen molar-refractivity contribution in [3.63, 3.8) is 0 Å². The molecule has 5 nitrogen and oxygen atoms in total. The summed E-state index contributed by atoms with van der Waals surface area (Å²) in [5.74, 6) is 0. The summed E-state index contributed by atoms with van der Waals surface area (Å²) in [4.78, 5) is -0.787. The van der Waals surface area contributed by atoms with Crippen LogP contribution in [0, 0.1) is 10.4 Å². The minimum absolute atomic E-state index is 0. The van der Waals surface area contributed by atoms with Gasteiger partial charge in [0.15, 0.2) is 0 Å². The van der Waals surface area contributed by atoms with Crippen molar-refractivity contribution in [2.24, 2.45) is 0 Å². The molecule has 0 fully saturated rings. The third kappa shape index (κ3) is 4.61. The first-order chi connectivity index (χ1) is 4.09. The van der Waals surface area contributed by atoms with Gasteiger partial charge in [-0.1, -0.05) is 0 Å². The predicted molar refractivity (Wildman–Crippen MR) is 30.8 cm³/mol. The van der Waals surface area contributed by atoms with E-state index in [9.17, 15) is 10.4 Å². The molecule has 1 atom stereocenters. The van der Waals surface area contributed by atoms with E-state index in [2.05, 4.69) is 0 Å². The number of aliphatic hydroxyl groups excluding tert-OH is 2. The molecule has 0 aliphatic carbocycles. The van der Waals surface area contributed by atoms with Crippen LogP contribution in [0.5, 0.6) is 0 Å². The monoisotopic (exact) mass is 173 g/mol. The van der Waals surface area contributed by atoms with Crippen molar-refractivity contribution in [1.29, 1.82) is 0 Å². The van der Waals surface area contributed by atoms with Gasteiger partial charge >= 0.3 is 51.4 Å². The van der Waals surface area contributed by atoms with Crippen LogP contribution in [0.4, 0.5) is 0 Å². The molecule has 0 aliphatic rings. The Balaban J connectivity index is 0. The molecule has 0 bridgehead atoms. The topological polar surface area (TPSA) is 89.6 Å². The van der Waals surface area contributed by atoms with E-state index in [1.807, 2.05) is 0 Å². The first-order valence-corrected chi connectivity index (χ1v) is 2.38. The maximum Gasteiger partial charge on any atom is 1.00 e. The molecule has 0 aliphatic heterocycles. The molecule has 10 heavy (non-hydrogen) atoms. The van der Waals surface area contributed by atoms with Crippen LogP contribution < -0.4 is 51.4 Å². The zero-order chi connectivity index (χ0) is 7.44. The summed E-state index contributed by atoms with van der Waals surface area (Å²) in [5, 5.41) is 36.4. The van der Waals surface area contributed by atoms with Crippen molar-refractivity contribution >= 4 is 5.71 Å². The fourth-order valence-corrected chi connectivity index (χ4v) is 0.342. The van der Waals surface area contributed by atoms with Crippen LogP contribution in [0.3, 0.4) is 0 Å². The van der Waals surface area contributed by atoms with Crippen LogP contribution in [0.15, 0.2) is 0 Å². The van der Waals surface area contributed by atoms with Gasteiger partial charge < -0.3 is 20.6 Å². The van der Waals surface area contributed by atoms with Crippen LogP contribution in [-0.4, -0.2) is 33.5 Å². The Morgan fingerprint density at radius 2 is 2.00 bits per heavy atom. The molecule has 54 valence electrons. The summed E-state index contributed by atoms with van der Waals surface area (Å²) in [6.07, 6.45) is -1.18. The number of hydrogen-bond donors (Lipinski definition) is 2. The van der Waals surface area contributed by atoms with E-state index in [1.54, 1.807) is 0 Å². The molecule has 0 radical (unpaired) electrons. The van der Waals surface area contributed by atoms with Crippen LogP contribution in [0.1, 0.15) is 6.92 Å². The van der Waals surface area contributed by atoms with E-state index in [1.165, 1.54) is 6.92 Å². The molecule has 0 saturated carbocycles. The fourth-order valence-electron chi connectivity index (χ4n) is 0.342. The van der Waals surface area contributed by atoms with Crippen LogP contribution >= 0.6 is 0 Å². The largest absolute Gasteiger partial charge is 1.00 e. The molecule has 0 spiro atoms. The quantitative estimate of drug-likeness (QED) is 0.192. The summed E-state index contributed by atoms with van der Waals surface area (Å²) in [5.41, 5.74) is -0.477. The van der Waals surface area contributed by atoms with Gasteiger partial charge in [-0.2, -0.15) is 4.90 Å². The van der Waals surface area contributed by atoms with Crippen molar-refractivity contribution < 1.29 is 66.5 Å². The molecule has 6 heteroatoms. The minimum Gasteiger partial charge on any atom is -0.612 e. The van der Waals surface area contributed by atoms with E-state index >= 15 is 0 Å². The minimum atomic E-state index is -1.18. The maximum absolute atomic E-state index is 9.82. The van der Waals surface area contributed by atoms with Crippen molar-refractivity contribution in [1.82, 2.24) is 0 Å². The van der Waals surface area contributed by atoms with E-state index in [4.69, 9.17) is 10.2 Å². The summed E-state index contributed by atoms with van der Waals surface area (Å²) in [6.45, 7) is 0.527. The Kier molecular flexibility index (Phi) is 8.76. The van der Waals surface area contributed by atoms with Crippen molar-refractivity contribution in [2.75, 3.05) is 6.61 Å². The van der Waals surface area contributed by atoms with Crippen molar-refractivity contribution in [2.45, 2.75) is 13.0 Å². The van der Waals surface area contributed by atoms with E-state index in [-0.39, 0.29) is 51.4 Å². The third-order valence-corrected chi connectivity index (χ3v) is 0.879. The van der Waals surface area contributed by atoms with Crippen LogP contribution in [-0.2, 0) is 0 Å². The van der Waals surface area contributed by atoms with E-state index < -0.39 is 23.3 Å². The average Bonchev–Trinajstić information content (AvgIpc) is 1.64. The zero-order valence-corrected chi connectivity index (χ0v) is 9.07. The molecular formula is C4H8KNO4. The molecule has 0 rings (SSSR count). The third-order valence-electron chi connectivity index (χ3n) is 0.879. The van der Waals surface area contributed by atoms with Gasteiger partial charge in [-0.15, -0.1) is 0 Å². The second kappa shape index (κ2) is 6.53. The van der Waals surface area contributed by atoms with Gasteiger partial charge in [0.2, 0.25) is 5.71 Å². The number of rotatable bonds is 2. The SMILES string of the molecule is CC(O)C(CO)=[N+]([O-])[O-].[K+]. The van der Waals surface area contributed by atoms with Crippen molar-refractivity contribution in [3.8, 4) is 0 Å². The van der Waals surface area contributed by atoms with Gasteiger partial charge in [-0.3, -0.25) is 0 Å². The summed E-state index contributed by atoms with van der Waals surface area (Å²) < 4.78 is 0. The Morgan fingerprint density at radius 3 is 2.00 bits per heavy atom. The van der Waals surface area contributed by atoms with E-state index in [0.29, 0.717) is 0 Å². The van der Waals surface area contributed by atoms with Gasteiger partial charge in [0.1, 0.15) is 12.7 Å². The number of nitrogens with zero attached hydrogens (tertiary/aromatic N) is 1. The molecule has 0 aromatic carbocycles. The maximum atomic E-state index is 9.82. The molecule has 0 saturated heterocycles. The molecule has 0 aromatic heterocycles. The normalized spacial score (nSPS) is 11.5. The molecular weight excluding hydrogens is 165 g/mol. The van der Waals surface area contributed by atoms with Crippen LogP contribution in [0.25, 0.3) is 0 Å². The molecule has 0 heterocycles. The first kappa shape index (κ1) is 13.4. The Morgan fingerprint density at radius 1 is 1.60 bits per heavy atom. The second-order valence-corrected chi connectivity index (χ2v) is 1.58. The zero-order valence-electron chi connectivity index (χ0n) is 5.94. The summed E-state index contributed by atoms with van der Waals surface area (Å²) in [6, 6.07) is 0. The standard InChI is InChI=1S/C4H8NO4.K/c1-3(7)4(2-6)5(8)9;/h3,6-7H,2H2,1H3;/q-1;+1. The number of aliphatic hydroxyl groups is 2. The number of hydrogen-bond acceptors (Lipinski definition) is 4. The fraction of sp³-hybridized carbons (Fsp3) is 0.750. The molecule has 0 amide bonds. The summed E-state index contributed by atoms with van der Waals surface area (Å²) >= 11 is 0. The molecule has 1 unspecified atom stereocenters. The smallest absolute Gasteiger partial charge is 0.612 e.